The third-order valence-electron chi connectivity index (χ3n) is 0. The van der Waals surface area contributed by atoms with Crippen LogP contribution < -0.4 is 12.3 Å². The molecule has 0 radical (unpaired) electrons. The minimum atomic E-state index is -4.64. The molecule has 0 spiro atoms. The summed E-state index contributed by atoms with van der Waals surface area (Å²) >= 11 is -9.28. The second kappa shape index (κ2) is 16.3. The lowest BCUT2D eigenvalue weighted by Gasteiger charge is -1.52. The Morgan fingerprint density at radius 3 is 0.500 bits per heavy atom. The predicted octanol–water partition coefficient (Wildman–Crippen LogP) is 2.08. The molecule has 0 unspecified atom stereocenters. The molecule has 0 amide bonds. The van der Waals surface area contributed by atoms with Gasteiger partial charge in [-0.05, 0) is 0 Å². The van der Waals surface area contributed by atoms with Crippen LogP contribution in [0.4, 0.5) is 21.1 Å². The highest BCUT2D eigenvalue weighted by atomic mass is 27.3. The first kappa shape index (κ1) is 22.4. The van der Waals surface area contributed by atoms with Crippen molar-refractivity contribution in [2.75, 3.05) is 0 Å². The zero-order valence-electron chi connectivity index (χ0n) is 4.84. The van der Waals surface area contributed by atoms with Crippen molar-refractivity contribution < 1.29 is 21.1 Å². The lowest BCUT2D eigenvalue weighted by Crippen LogP contribution is -1.76. The van der Waals surface area contributed by atoms with Gasteiger partial charge in [0.2, 0.25) is 0 Å². The molecule has 0 aliphatic heterocycles. The Hall–Kier alpha value is 0.565. The van der Waals surface area contributed by atoms with Crippen LogP contribution in [0.3, 0.4) is 0 Å². The van der Waals surface area contributed by atoms with Gasteiger partial charge in [0.25, 0.3) is 0 Å². The molecule has 10 heavy (non-hydrogen) atoms. The van der Waals surface area contributed by atoms with Crippen LogP contribution in [0.15, 0.2) is 0 Å². The van der Waals surface area contributed by atoms with Crippen LogP contribution in [0.25, 0.3) is 0 Å². The van der Waals surface area contributed by atoms with Crippen LogP contribution in [-0.4, -0.2) is 31.1 Å². The maximum atomic E-state index is 9.81. The Morgan fingerprint density at radius 1 is 0.500 bits per heavy atom. The summed E-state index contributed by atoms with van der Waals surface area (Å²) in [6, 6.07) is 0. The van der Waals surface area contributed by atoms with Crippen LogP contribution in [0.1, 0.15) is 0 Å². The first-order valence-corrected chi connectivity index (χ1v) is 3.93. The van der Waals surface area contributed by atoms with Crippen LogP contribution in [0, 0.1) is 0 Å². The zero-order valence-corrected chi connectivity index (χ0v) is 7.15. The fraction of sp³-hybridized carbons (Fsp3) is 0. The second-order valence-electron chi connectivity index (χ2n) is 0.495. The molecule has 0 aromatic carbocycles. The fourth-order valence-corrected chi connectivity index (χ4v) is 0. The lowest BCUT2D eigenvalue weighted by atomic mass is 14.0. The van der Waals surface area contributed by atoms with Crippen molar-refractivity contribution in [3.05, 3.63) is 0 Å². The highest BCUT2D eigenvalue weighted by Gasteiger charge is 2.22. The smallest absolute Gasteiger partial charge is 0.346 e. The molecule has 0 aliphatic carbocycles. The monoisotopic (exact) mass is 202 g/mol. The Bertz CT molecular complexity index is 29.2. The van der Waals surface area contributed by atoms with E-state index in [0.717, 1.165) is 0 Å². The van der Waals surface area contributed by atoms with Crippen molar-refractivity contribution >= 4 is 31.1 Å². The van der Waals surface area contributed by atoms with E-state index in [1.165, 1.54) is 0 Å². The molecule has 0 aromatic rings. The SMILES string of the molecule is N.N.[F][Al]([F])[F].[F][Al]([F])[F]. The number of hydrogen-bond donors (Lipinski definition) is 2. The maximum absolute atomic E-state index is 9.81. The van der Waals surface area contributed by atoms with Gasteiger partial charge in [0.15, 0.2) is 0 Å². The van der Waals surface area contributed by atoms with Crippen LogP contribution >= 0.6 is 0 Å². The van der Waals surface area contributed by atoms with Crippen molar-refractivity contribution in [3.63, 3.8) is 0 Å². The Labute approximate surface area is 65.0 Å². The molecule has 0 heterocycles. The Morgan fingerprint density at radius 2 is 0.500 bits per heavy atom. The molecule has 2 nitrogen and oxygen atoms in total. The number of hydrogen-bond acceptors (Lipinski definition) is 2. The molecule has 0 aliphatic rings. The molecule has 0 saturated heterocycles. The highest BCUT2D eigenvalue weighted by Crippen LogP contribution is 1.80. The Balaban J connectivity index is -0.0000000300. The zero-order chi connectivity index (χ0) is 7.15. The average molecular weight is 202 g/mol. The van der Waals surface area contributed by atoms with Gasteiger partial charge in [-0.15, -0.1) is 0 Å². The van der Waals surface area contributed by atoms with Gasteiger partial charge in [0.1, 0.15) is 0 Å². The normalized spacial score (nSPS) is 5.40. The van der Waals surface area contributed by atoms with E-state index in [1.807, 2.05) is 0 Å². The van der Waals surface area contributed by atoms with Crippen LogP contribution in [0.5, 0.6) is 0 Å². The van der Waals surface area contributed by atoms with Crippen molar-refractivity contribution in [2.45, 2.75) is 0 Å². The first-order valence-electron chi connectivity index (χ1n) is 1.31. The third-order valence-corrected chi connectivity index (χ3v) is 0. The maximum Gasteiger partial charge on any atom is 1.04 e. The van der Waals surface area contributed by atoms with E-state index in [-0.39, 0.29) is 12.3 Å². The van der Waals surface area contributed by atoms with Crippen LogP contribution in [-0.2, 0) is 0 Å². The summed E-state index contributed by atoms with van der Waals surface area (Å²) in [6.07, 6.45) is 0. The van der Waals surface area contributed by atoms with Crippen LogP contribution in [0.2, 0.25) is 0 Å². The standard InChI is InChI=1S/2Al.6FH.2H3N/h;;6*1H;2*1H3/q2*+3;;;;;;;;/p-6. The quantitative estimate of drug-likeness (QED) is 0.466. The molecule has 64 valence electrons. The van der Waals surface area contributed by atoms with Gasteiger partial charge >= 0.3 is 31.1 Å². The van der Waals surface area contributed by atoms with Crippen molar-refractivity contribution in [3.8, 4) is 0 Å². The summed E-state index contributed by atoms with van der Waals surface area (Å²) in [7, 11) is 0. The van der Waals surface area contributed by atoms with Gasteiger partial charge in [-0.1, -0.05) is 0 Å². The van der Waals surface area contributed by atoms with Crippen molar-refractivity contribution in [2.24, 2.45) is 0 Å². The van der Waals surface area contributed by atoms with Gasteiger partial charge in [-0.3, -0.25) is 0 Å². The van der Waals surface area contributed by atoms with E-state index < -0.39 is 31.1 Å². The van der Waals surface area contributed by atoms with Gasteiger partial charge in [0, 0.05) is 0 Å². The number of halogens is 6. The molecular weight excluding hydrogens is 196 g/mol. The van der Waals surface area contributed by atoms with Crippen molar-refractivity contribution in [1.29, 1.82) is 0 Å². The lowest BCUT2D eigenvalue weighted by molar-refractivity contribution is 0.533. The first-order chi connectivity index (χ1) is 3.46. The van der Waals surface area contributed by atoms with Gasteiger partial charge < -0.3 is 33.4 Å². The number of rotatable bonds is 0. The largest absolute Gasteiger partial charge is 1.04 e. The molecule has 0 aromatic heterocycles. The molecule has 0 saturated carbocycles. The summed E-state index contributed by atoms with van der Waals surface area (Å²) in [5.74, 6) is 0. The molecule has 10 heteroatoms. The van der Waals surface area contributed by atoms with E-state index >= 15 is 0 Å². The van der Waals surface area contributed by atoms with E-state index in [1.54, 1.807) is 0 Å². The summed E-state index contributed by atoms with van der Waals surface area (Å²) in [5.41, 5.74) is 0. The second-order valence-corrected chi connectivity index (χ2v) is 1.48. The van der Waals surface area contributed by atoms with E-state index in [9.17, 15) is 21.1 Å². The minimum Gasteiger partial charge on any atom is -0.346 e. The molecule has 0 rings (SSSR count). The molecule has 0 fully saturated rings. The van der Waals surface area contributed by atoms with E-state index in [0.29, 0.717) is 0 Å². The predicted molar refractivity (Wildman–Crippen MR) is 28.2 cm³/mol. The summed E-state index contributed by atoms with van der Waals surface area (Å²) in [4.78, 5) is 0. The summed E-state index contributed by atoms with van der Waals surface area (Å²) in [5, 5.41) is 0. The van der Waals surface area contributed by atoms with Crippen molar-refractivity contribution in [1.82, 2.24) is 12.3 Å². The minimum absolute atomic E-state index is 0. The van der Waals surface area contributed by atoms with Gasteiger partial charge in [0.05, 0.1) is 0 Å². The van der Waals surface area contributed by atoms with Gasteiger partial charge in [-0.25, -0.2) is 0 Å². The highest BCUT2D eigenvalue weighted by molar-refractivity contribution is 6.33. The van der Waals surface area contributed by atoms with Gasteiger partial charge in [-0.2, -0.15) is 0 Å². The third kappa shape index (κ3) is 1540. The molecule has 6 N–H and O–H groups in total. The molecule has 0 atom stereocenters. The summed E-state index contributed by atoms with van der Waals surface area (Å²) in [6.45, 7) is 0. The van der Waals surface area contributed by atoms with E-state index in [4.69, 9.17) is 0 Å². The molecule has 0 bridgehead atoms. The fourth-order valence-electron chi connectivity index (χ4n) is 0. The summed E-state index contributed by atoms with van der Waals surface area (Å²) < 4.78 is 58.8. The van der Waals surface area contributed by atoms with E-state index in [2.05, 4.69) is 0 Å². The Kier molecular flexibility index (Phi) is 36.5. The average Bonchev–Trinajstić information content (AvgIpc) is 1.25. The molecular formula is H6Al2F6N2. The topological polar surface area (TPSA) is 70.0 Å².